The van der Waals surface area contributed by atoms with Gasteiger partial charge in [-0.1, -0.05) is 38.3 Å². The van der Waals surface area contributed by atoms with Crippen molar-refractivity contribution in [3.8, 4) is 17.2 Å². The average Bonchev–Trinajstić information content (AvgIpc) is 3.17. The van der Waals surface area contributed by atoms with E-state index in [2.05, 4.69) is 19.9 Å². The summed E-state index contributed by atoms with van der Waals surface area (Å²) in [5.74, 6) is 3.62. The van der Waals surface area contributed by atoms with Crippen LogP contribution in [-0.4, -0.2) is 21.3 Å². The van der Waals surface area contributed by atoms with Crippen LogP contribution in [-0.2, 0) is 0 Å². The van der Waals surface area contributed by atoms with Crippen molar-refractivity contribution in [2.24, 2.45) is 11.8 Å². The van der Waals surface area contributed by atoms with Crippen LogP contribution in [0.15, 0.2) is 17.7 Å². The van der Waals surface area contributed by atoms with E-state index < -0.39 is 0 Å². The molecule has 0 heterocycles. The van der Waals surface area contributed by atoms with Crippen LogP contribution in [0.2, 0.25) is 0 Å². The zero-order valence-electron chi connectivity index (χ0n) is 14.4. The zero-order chi connectivity index (χ0) is 16.1. The quantitative estimate of drug-likeness (QED) is 0.680. The highest BCUT2D eigenvalue weighted by atomic mass is 16.5. The summed E-state index contributed by atoms with van der Waals surface area (Å²) < 4.78 is 16.3. The van der Waals surface area contributed by atoms with Crippen molar-refractivity contribution in [3.63, 3.8) is 0 Å². The molecule has 1 aromatic rings. The molecule has 1 aliphatic carbocycles. The molecule has 22 heavy (non-hydrogen) atoms. The van der Waals surface area contributed by atoms with E-state index in [0.717, 1.165) is 17.4 Å². The first-order valence-electron chi connectivity index (χ1n) is 8.21. The van der Waals surface area contributed by atoms with Crippen LogP contribution >= 0.6 is 0 Å². The summed E-state index contributed by atoms with van der Waals surface area (Å²) in [6, 6.07) is 4.05. The van der Waals surface area contributed by atoms with Gasteiger partial charge in [-0.3, -0.25) is 0 Å². The Labute approximate surface area is 134 Å². The number of methoxy groups -OCH3 is 3. The summed E-state index contributed by atoms with van der Waals surface area (Å²) in [5, 5.41) is 0. The summed E-state index contributed by atoms with van der Waals surface area (Å²) in [7, 11) is 4.95. The molecular weight excluding hydrogens is 276 g/mol. The normalized spacial score (nSPS) is 19.8. The predicted molar refractivity (Wildman–Crippen MR) is 90.9 cm³/mol. The number of allylic oxidation sites excluding steroid dienone is 1. The van der Waals surface area contributed by atoms with Crippen molar-refractivity contribution in [2.75, 3.05) is 21.3 Å². The molecule has 2 atom stereocenters. The lowest BCUT2D eigenvalue weighted by atomic mass is 10.1. The highest BCUT2D eigenvalue weighted by molar-refractivity contribution is 5.66. The molecule has 3 nitrogen and oxygen atoms in total. The van der Waals surface area contributed by atoms with Crippen molar-refractivity contribution in [1.82, 2.24) is 0 Å². The summed E-state index contributed by atoms with van der Waals surface area (Å²) in [6.07, 6.45) is 7.39. The third-order valence-electron chi connectivity index (χ3n) is 4.45. The number of hydrogen-bond donors (Lipinski definition) is 0. The Morgan fingerprint density at radius 3 is 1.73 bits per heavy atom. The fraction of sp³-hybridized carbons (Fsp3) is 0.579. The topological polar surface area (TPSA) is 27.7 Å². The minimum Gasteiger partial charge on any atom is -0.493 e. The number of rotatable bonds is 8. The summed E-state index contributed by atoms with van der Waals surface area (Å²) in [5.41, 5.74) is 2.71. The lowest BCUT2D eigenvalue weighted by Crippen LogP contribution is -1.95. The van der Waals surface area contributed by atoms with E-state index in [1.807, 2.05) is 12.1 Å². The van der Waals surface area contributed by atoms with Gasteiger partial charge in [-0.15, -0.1) is 0 Å². The molecular formula is C19H28O3. The van der Waals surface area contributed by atoms with Gasteiger partial charge in [-0.25, -0.2) is 0 Å². The van der Waals surface area contributed by atoms with Gasteiger partial charge in [0.15, 0.2) is 11.5 Å². The van der Waals surface area contributed by atoms with Crippen LogP contribution < -0.4 is 14.2 Å². The Bertz CT molecular complexity index is 494. The first-order valence-corrected chi connectivity index (χ1v) is 8.21. The zero-order valence-corrected chi connectivity index (χ0v) is 14.4. The standard InChI is InChI=1S/C19H28O3/c1-6-8-14-15(9-7-2)16(14)10-13-11-17(20-3)19(22-5)18(12-13)21-4/h10-12,14-15H,6-9H2,1-5H3. The second-order valence-electron chi connectivity index (χ2n) is 5.89. The molecule has 0 radical (unpaired) electrons. The van der Waals surface area contributed by atoms with Crippen LogP contribution in [0.1, 0.15) is 45.1 Å². The average molecular weight is 304 g/mol. The molecule has 0 aromatic heterocycles. The van der Waals surface area contributed by atoms with Crippen molar-refractivity contribution in [3.05, 3.63) is 23.3 Å². The summed E-state index contributed by atoms with van der Waals surface area (Å²) >= 11 is 0. The van der Waals surface area contributed by atoms with Crippen LogP contribution in [0, 0.1) is 11.8 Å². The molecule has 0 spiro atoms. The first kappa shape index (κ1) is 16.7. The van der Waals surface area contributed by atoms with Crippen molar-refractivity contribution >= 4 is 6.08 Å². The molecule has 0 amide bonds. The van der Waals surface area contributed by atoms with Gasteiger partial charge in [-0.2, -0.15) is 0 Å². The Kier molecular flexibility index (Phi) is 5.76. The number of hydrogen-bond acceptors (Lipinski definition) is 3. The molecule has 0 N–H and O–H groups in total. The lowest BCUT2D eigenvalue weighted by molar-refractivity contribution is 0.324. The molecule has 0 saturated heterocycles. The van der Waals surface area contributed by atoms with Crippen LogP contribution in [0.3, 0.4) is 0 Å². The van der Waals surface area contributed by atoms with Crippen molar-refractivity contribution in [1.29, 1.82) is 0 Å². The van der Waals surface area contributed by atoms with Gasteiger partial charge in [0.2, 0.25) is 5.75 Å². The van der Waals surface area contributed by atoms with Gasteiger partial charge < -0.3 is 14.2 Å². The highest BCUT2D eigenvalue weighted by Crippen LogP contribution is 2.52. The minimum atomic E-state index is 0.651. The molecule has 2 unspecified atom stereocenters. The first-order chi connectivity index (χ1) is 10.7. The molecule has 122 valence electrons. The predicted octanol–water partition coefficient (Wildman–Crippen LogP) is 4.94. The van der Waals surface area contributed by atoms with Gasteiger partial charge in [0, 0.05) is 0 Å². The molecule has 1 saturated carbocycles. The van der Waals surface area contributed by atoms with E-state index in [0.29, 0.717) is 17.2 Å². The van der Waals surface area contributed by atoms with Gasteiger partial charge in [-0.05, 0) is 42.4 Å². The Morgan fingerprint density at radius 1 is 0.864 bits per heavy atom. The minimum absolute atomic E-state index is 0.651. The lowest BCUT2D eigenvalue weighted by Gasteiger charge is -2.12. The van der Waals surface area contributed by atoms with Crippen molar-refractivity contribution in [2.45, 2.75) is 39.5 Å². The van der Waals surface area contributed by atoms with E-state index >= 15 is 0 Å². The number of benzene rings is 1. The molecule has 3 heteroatoms. The van der Waals surface area contributed by atoms with Gasteiger partial charge in [0.25, 0.3) is 0 Å². The van der Waals surface area contributed by atoms with E-state index in [1.165, 1.54) is 25.7 Å². The van der Waals surface area contributed by atoms with E-state index in [9.17, 15) is 0 Å². The summed E-state index contributed by atoms with van der Waals surface area (Å²) in [4.78, 5) is 0. The maximum absolute atomic E-state index is 5.44. The van der Waals surface area contributed by atoms with Gasteiger partial charge >= 0.3 is 0 Å². The monoisotopic (exact) mass is 304 g/mol. The molecule has 1 aliphatic rings. The van der Waals surface area contributed by atoms with Crippen molar-refractivity contribution < 1.29 is 14.2 Å². The molecule has 2 rings (SSSR count). The molecule has 1 aromatic carbocycles. The fourth-order valence-electron chi connectivity index (χ4n) is 3.35. The molecule has 0 bridgehead atoms. The SMILES string of the molecule is CCCC1C(=Cc2cc(OC)c(OC)c(OC)c2)C1CCC. The van der Waals surface area contributed by atoms with Gasteiger partial charge in [0.1, 0.15) is 0 Å². The maximum Gasteiger partial charge on any atom is 0.203 e. The number of ether oxygens (including phenoxy) is 3. The second kappa shape index (κ2) is 7.57. The third kappa shape index (κ3) is 3.40. The Balaban J connectivity index is 2.31. The smallest absolute Gasteiger partial charge is 0.203 e. The summed E-state index contributed by atoms with van der Waals surface area (Å²) in [6.45, 7) is 4.52. The molecule has 1 fully saturated rings. The van der Waals surface area contributed by atoms with Crippen LogP contribution in [0.5, 0.6) is 17.2 Å². The largest absolute Gasteiger partial charge is 0.493 e. The Morgan fingerprint density at radius 2 is 1.36 bits per heavy atom. The third-order valence-corrected chi connectivity index (χ3v) is 4.45. The molecule has 0 aliphatic heterocycles. The Hall–Kier alpha value is -1.64. The van der Waals surface area contributed by atoms with E-state index in [1.54, 1.807) is 26.9 Å². The highest BCUT2D eigenvalue weighted by Gasteiger charge is 2.41. The second-order valence-corrected chi connectivity index (χ2v) is 5.89. The van der Waals surface area contributed by atoms with Crippen LogP contribution in [0.4, 0.5) is 0 Å². The van der Waals surface area contributed by atoms with Gasteiger partial charge in [0.05, 0.1) is 21.3 Å². The fourth-order valence-corrected chi connectivity index (χ4v) is 3.35. The van der Waals surface area contributed by atoms with E-state index in [-0.39, 0.29) is 0 Å². The van der Waals surface area contributed by atoms with Crippen LogP contribution in [0.25, 0.3) is 6.08 Å². The maximum atomic E-state index is 5.44. The van der Waals surface area contributed by atoms with E-state index in [4.69, 9.17) is 14.2 Å².